The van der Waals surface area contributed by atoms with Gasteiger partial charge in [-0.1, -0.05) is 6.07 Å². The molecule has 0 radical (unpaired) electrons. The number of oxazole rings is 1. The van der Waals surface area contributed by atoms with Crippen molar-refractivity contribution in [2.24, 2.45) is 0 Å². The molecular weight excluding hydrogens is 336 g/mol. The van der Waals surface area contributed by atoms with Crippen molar-refractivity contribution < 1.29 is 18.7 Å². The summed E-state index contributed by atoms with van der Waals surface area (Å²) < 4.78 is 10.6. The van der Waals surface area contributed by atoms with Crippen LogP contribution < -0.4 is 15.4 Å². The van der Waals surface area contributed by atoms with Crippen molar-refractivity contribution in [3.05, 3.63) is 47.5 Å². The molecule has 2 amide bonds. The monoisotopic (exact) mass is 354 g/mol. The van der Waals surface area contributed by atoms with Crippen molar-refractivity contribution in [3.63, 3.8) is 0 Å². The van der Waals surface area contributed by atoms with Gasteiger partial charge in [0.15, 0.2) is 11.5 Å². The van der Waals surface area contributed by atoms with Gasteiger partial charge in [-0.25, -0.2) is 9.97 Å². The number of pyridine rings is 1. The summed E-state index contributed by atoms with van der Waals surface area (Å²) in [7, 11) is 1.50. The Kier molecular flexibility index (Phi) is 4.83. The number of aromatic nitrogens is 2. The topological polar surface area (TPSA) is 106 Å². The number of hydrogen-bond acceptors (Lipinski definition) is 6. The van der Waals surface area contributed by atoms with Crippen LogP contribution in [0.1, 0.15) is 17.1 Å². The van der Waals surface area contributed by atoms with E-state index >= 15 is 0 Å². The fraction of sp³-hybridized carbons (Fsp3) is 0.222. The number of ether oxygens (including phenoxy) is 1. The minimum Gasteiger partial charge on any atom is -0.481 e. The maximum absolute atomic E-state index is 12.1. The maximum Gasteiger partial charge on any atom is 0.313 e. The molecule has 0 bridgehead atoms. The molecule has 2 aromatic heterocycles. The second kappa shape index (κ2) is 7.22. The normalized spacial score (nSPS) is 10.6. The summed E-state index contributed by atoms with van der Waals surface area (Å²) in [4.78, 5) is 32.5. The average Bonchev–Trinajstić information content (AvgIpc) is 2.99. The molecule has 1 aromatic carbocycles. The lowest BCUT2D eigenvalue weighted by Gasteiger charge is -2.10. The summed E-state index contributed by atoms with van der Waals surface area (Å²) in [6.07, 6.45) is 0. The Hall–Kier alpha value is -3.42. The van der Waals surface area contributed by atoms with Gasteiger partial charge in [-0.05, 0) is 25.1 Å². The van der Waals surface area contributed by atoms with E-state index in [1.165, 1.54) is 7.11 Å². The molecule has 3 aromatic rings. The van der Waals surface area contributed by atoms with E-state index in [0.29, 0.717) is 34.1 Å². The first-order chi connectivity index (χ1) is 12.5. The van der Waals surface area contributed by atoms with Gasteiger partial charge in [0.05, 0.1) is 7.11 Å². The molecule has 0 spiro atoms. The largest absolute Gasteiger partial charge is 0.481 e. The first-order valence-electron chi connectivity index (χ1n) is 7.93. The number of carbonyl (C=O) groups is 2. The molecule has 8 heteroatoms. The molecule has 2 heterocycles. The van der Waals surface area contributed by atoms with Crippen LogP contribution in [0.15, 0.2) is 34.7 Å². The van der Waals surface area contributed by atoms with Gasteiger partial charge in [-0.2, -0.15) is 0 Å². The highest BCUT2D eigenvalue weighted by atomic mass is 16.5. The second-order valence-corrected chi connectivity index (χ2v) is 5.67. The predicted molar refractivity (Wildman–Crippen MR) is 94.7 cm³/mol. The number of rotatable bonds is 4. The third kappa shape index (κ3) is 3.80. The molecule has 0 saturated heterocycles. The number of fused-ring (bicyclic) bond motifs is 1. The van der Waals surface area contributed by atoms with E-state index in [0.717, 1.165) is 5.69 Å². The zero-order valence-electron chi connectivity index (χ0n) is 14.6. The van der Waals surface area contributed by atoms with E-state index in [1.807, 2.05) is 6.92 Å². The van der Waals surface area contributed by atoms with Gasteiger partial charge in [0.2, 0.25) is 5.88 Å². The Morgan fingerprint density at radius 3 is 2.69 bits per heavy atom. The fourth-order valence-corrected chi connectivity index (χ4v) is 2.43. The lowest BCUT2D eigenvalue weighted by atomic mass is 10.2. The molecule has 0 atom stereocenters. The predicted octanol–water partition coefficient (Wildman–Crippen LogP) is 2.10. The maximum atomic E-state index is 12.1. The highest BCUT2D eigenvalue weighted by Gasteiger charge is 2.15. The Morgan fingerprint density at radius 2 is 1.92 bits per heavy atom. The van der Waals surface area contributed by atoms with Crippen LogP contribution in [0.4, 0.5) is 5.69 Å². The SMILES string of the molecule is COc1nc(C)ccc1CNC(=O)C(=O)Nc1ccc2nc(C)oc2c1. The van der Waals surface area contributed by atoms with Crippen LogP contribution in [0, 0.1) is 13.8 Å². The van der Waals surface area contributed by atoms with Gasteiger partial charge in [-0.3, -0.25) is 9.59 Å². The first-order valence-corrected chi connectivity index (χ1v) is 7.93. The number of nitrogens with one attached hydrogen (secondary N) is 2. The number of anilines is 1. The molecule has 0 saturated carbocycles. The number of nitrogens with zero attached hydrogens (tertiary/aromatic N) is 2. The minimum atomic E-state index is -0.778. The molecule has 0 aliphatic heterocycles. The van der Waals surface area contributed by atoms with Crippen molar-refractivity contribution in [1.29, 1.82) is 0 Å². The molecule has 0 aliphatic rings. The lowest BCUT2D eigenvalue weighted by molar-refractivity contribution is -0.136. The van der Waals surface area contributed by atoms with Gasteiger partial charge in [0.1, 0.15) is 5.52 Å². The van der Waals surface area contributed by atoms with Crippen LogP contribution in [-0.4, -0.2) is 28.9 Å². The zero-order valence-corrected chi connectivity index (χ0v) is 14.6. The highest BCUT2D eigenvalue weighted by molar-refractivity contribution is 6.39. The van der Waals surface area contributed by atoms with Crippen LogP contribution in [0.5, 0.6) is 5.88 Å². The highest BCUT2D eigenvalue weighted by Crippen LogP contribution is 2.20. The van der Waals surface area contributed by atoms with E-state index in [-0.39, 0.29) is 6.54 Å². The van der Waals surface area contributed by atoms with E-state index < -0.39 is 11.8 Å². The molecule has 2 N–H and O–H groups in total. The van der Waals surface area contributed by atoms with Gasteiger partial charge in [0.25, 0.3) is 0 Å². The third-order valence-electron chi connectivity index (χ3n) is 3.67. The van der Waals surface area contributed by atoms with Crippen molar-refractivity contribution in [2.45, 2.75) is 20.4 Å². The fourth-order valence-electron chi connectivity index (χ4n) is 2.43. The Labute approximate surface area is 149 Å². The van der Waals surface area contributed by atoms with Crippen molar-refractivity contribution in [1.82, 2.24) is 15.3 Å². The van der Waals surface area contributed by atoms with Crippen molar-refractivity contribution in [2.75, 3.05) is 12.4 Å². The Bertz CT molecular complexity index is 980. The third-order valence-corrected chi connectivity index (χ3v) is 3.67. The number of amides is 2. The summed E-state index contributed by atoms with van der Waals surface area (Å²) in [5.41, 5.74) is 3.15. The number of methoxy groups -OCH3 is 1. The lowest BCUT2D eigenvalue weighted by Crippen LogP contribution is -2.35. The summed E-state index contributed by atoms with van der Waals surface area (Å²) in [5.74, 6) is -0.597. The Balaban J connectivity index is 1.63. The summed E-state index contributed by atoms with van der Waals surface area (Å²) in [6, 6.07) is 8.58. The van der Waals surface area contributed by atoms with E-state index in [9.17, 15) is 9.59 Å². The molecule has 26 heavy (non-hydrogen) atoms. The molecular formula is C18H18N4O4. The van der Waals surface area contributed by atoms with E-state index in [1.54, 1.807) is 37.3 Å². The quantitative estimate of drug-likeness (QED) is 0.695. The zero-order chi connectivity index (χ0) is 18.7. The molecule has 3 rings (SSSR count). The van der Waals surface area contributed by atoms with Crippen LogP contribution in [-0.2, 0) is 16.1 Å². The standard InChI is InChI=1S/C18H18N4O4/c1-10-4-5-12(18(20-10)25-3)9-19-16(23)17(24)22-13-6-7-14-15(8-13)26-11(2)21-14/h4-8H,9H2,1-3H3,(H,19,23)(H,22,24). The number of hydrogen-bond donors (Lipinski definition) is 2. The Morgan fingerprint density at radius 1 is 1.12 bits per heavy atom. The minimum absolute atomic E-state index is 0.128. The van der Waals surface area contributed by atoms with Gasteiger partial charge in [-0.15, -0.1) is 0 Å². The van der Waals surface area contributed by atoms with Crippen LogP contribution >= 0.6 is 0 Å². The molecule has 0 unspecified atom stereocenters. The van der Waals surface area contributed by atoms with E-state index in [2.05, 4.69) is 20.6 Å². The van der Waals surface area contributed by atoms with Crippen molar-refractivity contribution >= 4 is 28.6 Å². The van der Waals surface area contributed by atoms with Crippen molar-refractivity contribution in [3.8, 4) is 5.88 Å². The van der Waals surface area contributed by atoms with Gasteiger partial charge in [0, 0.05) is 36.5 Å². The van der Waals surface area contributed by atoms with Gasteiger partial charge < -0.3 is 19.8 Å². The number of carbonyl (C=O) groups excluding carboxylic acids is 2. The number of aryl methyl sites for hydroxylation is 2. The van der Waals surface area contributed by atoms with Crippen LogP contribution in [0.25, 0.3) is 11.1 Å². The summed E-state index contributed by atoms with van der Waals surface area (Å²) >= 11 is 0. The second-order valence-electron chi connectivity index (χ2n) is 5.67. The van der Waals surface area contributed by atoms with E-state index in [4.69, 9.17) is 9.15 Å². The smallest absolute Gasteiger partial charge is 0.313 e. The molecule has 134 valence electrons. The van der Waals surface area contributed by atoms with Crippen LogP contribution in [0.2, 0.25) is 0 Å². The van der Waals surface area contributed by atoms with Gasteiger partial charge >= 0.3 is 11.8 Å². The molecule has 0 aliphatic carbocycles. The number of benzene rings is 1. The molecule has 8 nitrogen and oxygen atoms in total. The summed E-state index contributed by atoms with van der Waals surface area (Å²) in [5, 5.41) is 5.08. The molecule has 0 fully saturated rings. The average molecular weight is 354 g/mol. The van der Waals surface area contributed by atoms with Crippen LogP contribution in [0.3, 0.4) is 0 Å². The summed E-state index contributed by atoms with van der Waals surface area (Å²) in [6.45, 7) is 3.70. The first kappa shape index (κ1) is 17.4.